The van der Waals surface area contributed by atoms with Gasteiger partial charge in [0, 0.05) is 24.4 Å². The number of hydrogen-bond donors (Lipinski definition) is 1. The molecule has 0 radical (unpaired) electrons. The number of ether oxygens (including phenoxy) is 1. The molecule has 2 aromatic rings. The number of aryl methyl sites for hydroxylation is 1. The van der Waals surface area contributed by atoms with E-state index in [-0.39, 0.29) is 24.0 Å². The van der Waals surface area contributed by atoms with E-state index in [1.54, 1.807) is 6.07 Å². The molecule has 0 bridgehead atoms. The second-order valence-electron chi connectivity index (χ2n) is 7.64. The highest BCUT2D eigenvalue weighted by atomic mass is 16.5. The van der Waals surface area contributed by atoms with Gasteiger partial charge in [0.05, 0.1) is 6.04 Å². The Kier molecular flexibility index (Phi) is 5.44. The summed E-state index contributed by atoms with van der Waals surface area (Å²) in [7, 11) is 0. The van der Waals surface area contributed by atoms with Gasteiger partial charge in [-0.15, -0.1) is 0 Å². The van der Waals surface area contributed by atoms with Crippen molar-refractivity contribution in [1.29, 1.82) is 0 Å². The van der Waals surface area contributed by atoms with Crippen LogP contribution in [0.3, 0.4) is 0 Å². The van der Waals surface area contributed by atoms with Crippen molar-refractivity contribution >= 4 is 17.5 Å². The van der Waals surface area contributed by atoms with Gasteiger partial charge in [0.25, 0.3) is 11.8 Å². The maximum Gasteiger partial charge on any atom is 0.254 e. The summed E-state index contributed by atoms with van der Waals surface area (Å²) >= 11 is 0. The van der Waals surface area contributed by atoms with Crippen molar-refractivity contribution in [3.63, 3.8) is 0 Å². The lowest BCUT2D eigenvalue weighted by Crippen LogP contribution is -2.31. The molecule has 2 aliphatic rings. The van der Waals surface area contributed by atoms with Crippen LogP contribution in [-0.2, 0) is 9.53 Å². The highest BCUT2D eigenvalue weighted by molar-refractivity contribution is 5.98. The smallest absolute Gasteiger partial charge is 0.254 e. The molecule has 5 nitrogen and oxygen atoms in total. The Morgan fingerprint density at radius 2 is 1.89 bits per heavy atom. The summed E-state index contributed by atoms with van der Waals surface area (Å²) in [6.45, 7) is 3.45. The van der Waals surface area contributed by atoms with Crippen LogP contribution in [0.1, 0.15) is 53.2 Å². The van der Waals surface area contributed by atoms with Crippen molar-refractivity contribution in [2.24, 2.45) is 0 Å². The Bertz CT molecular complexity index is 856. The number of benzene rings is 2. The first kappa shape index (κ1) is 18.7. The van der Waals surface area contributed by atoms with Gasteiger partial charge in [-0.1, -0.05) is 35.9 Å². The summed E-state index contributed by atoms with van der Waals surface area (Å²) in [4.78, 5) is 27.4. The number of likely N-dealkylation sites (tertiary alicyclic amines) is 1. The minimum atomic E-state index is -0.385. The molecular formula is C23H26N2O3. The molecule has 2 aromatic carbocycles. The molecule has 146 valence electrons. The molecule has 0 unspecified atom stereocenters. The van der Waals surface area contributed by atoms with Crippen LogP contribution in [0.4, 0.5) is 5.69 Å². The second-order valence-corrected chi connectivity index (χ2v) is 7.64. The van der Waals surface area contributed by atoms with Crippen LogP contribution in [0, 0.1) is 6.92 Å². The molecule has 0 spiro atoms. The molecule has 2 aliphatic heterocycles. The van der Waals surface area contributed by atoms with Crippen LogP contribution >= 0.6 is 0 Å². The third-order valence-electron chi connectivity index (χ3n) is 5.57. The highest BCUT2D eigenvalue weighted by Gasteiger charge is 2.31. The number of carbonyl (C=O) groups excluding carboxylic acids is 2. The van der Waals surface area contributed by atoms with E-state index < -0.39 is 0 Å². The number of rotatable bonds is 4. The fourth-order valence-corrected chi connectivity index (χ4v) is 4.05. The molecule has 0 saturated carbocycles. The molecule has 0 aromatic heterocycles. The zero-order valence-electron chi connectivity index (χ0n) is 16.2. The van der Waals surface area contributed by atoms with Gasteiger partial charge < -0.3 is 15.0 Å². The molecule has 1 N–H and O–H groups in total. The van der Waals surface area contributed by atoms with E-state index in [2.05, 4.69) is 36.5 Å². The number of anilines is 1. The van der Waals surface area contributed by atoms with Crippen LogP contribution in [-0.4, -0.2) is 36.0 Å². The van der Waals surface area contributed by atoms with Crippen LogP contribution in [0.2, 0.25) is 0 Å². The van der Waals surface area contributed by atoms with Crippen LogP contribution in [0.15, 0.2) is 48.5 Å². The Morgan fingerprint density at radius 1 is 1.07 bits per heavy atom. The van der Waals surface area contributed by atoms with Crippen LogP contribution in [0.25, 0.3) is 0 Å². The monoisotopic (exact) mass is 378 g/mol. The van der Waals surface area contributed by atoms with Gasteiger partial charge in [0.15, 0.2) is 0 Å². The summed E-state index contributed by atoms with van der Waals surface area (Å²) in [5, 5.41) is 2.88. The van der Waals surface area contributed by atoms with E-state index >= 15 is 0 Å². The van der Waals surface area contributed by atoms with Gasteiger partial charge in [0.1, 0.15) is 6.10 Å². The first-order valence-corrected chi connectivity index (χ1v) is 10.0. The third kappa shape index (κ3) is 3.94. The SMILES string of the molecule is Cc1ccc([C@H]2CCCN2C(=O)c2cccc(NC(=O)[C@H]3CCCO3)c2)cc1. The van der Waals surface area contributed by atoms with Crippen molar-refractivity contribution in [3.05, 3.63) is 65.2 Å². The molecule has 5 heteroatoms. The predicted octanol–water partition coefficient (Wildman–Crippen LogP) is 4.09. The van der Waals surface area contributed by atoms with E-state index in [0.717, 1.165) is 32.2 Å². The third-order valence-corrected chi connectivity index (χ3v) is 5.57. The zero-order valence-corrected chi connectivity index (χ0v) is 16.2. The maximum atomic E-state index is 13.2. The first-order chi connectivity index (χ1) is 13.6. The van der Waals surface area contributed by atoms with Crippen molar-refractivity contribution in [2.75, 3.05) is 18.5 Å². The van der Waals surface area contributed by atoms with Gasteiger partial charge in [-0.3, -0.25) is 9.59 Å². The van der Waals surface area contributed by atoms with Crippen molar-refractivity contribution in [2.45, 2.75) is 44.8 Å². The molecular weight excluding hydrogens is 352 g/mol. The lowest BCUT2D eigenvalue weighted by molar-refractivity contribution is -0.124. The van der Waals surface area contributed by atoms with Gasteiger partial charge >= 0.3 is 0 Å². The van der Waals surface area contributed by atoms with E-state index in [1.165, 1.54) is 11.1 Å². The van der Waals surface area contributed by atoms with E-state index in [0.29, 0.717) is 17.9 Å². The van der Waals surface area contributed by atoms with Crippen LogP contribution < -0.4 is 5.32 Å². The lowest BCUT2D eigenvalue weighted by atomic mass is 10.0. The van der Waals surface area contributed by atoms with Crippen molar-refractivity contribution in [3.8, 4) is 0 Å². The Morgan fingerprint density at radius 3 is 2.64 bits per heavy atom. The largest absolute Gasteiger partial charge is 0.368 e. The zero-order chi connectivity index (χ0) is 19.5. The normalized spacial score (nSPS) is 21.7. The quantitative estimate of drug-likeness (QED) is 0.872. The molecule has 2 fully saturated rings. The highest BCUT2D eigenvalue weighted by Crippen LogP contribution is 2.33. The molecule has 2 amide bonds. The van der Waals surface area contributed by atoms with Gasteiger partial charge in [-0.2, -0.15) is 0 Å². The average Bonchev–Trinajstić information content (AvgIpc) is 3.40. The minimum Gasteiger partial charge on any atom is -0.368 e. The summed E-state index contributed by atoms with van der Waals surface area (Å²) in [5.41, 5.74) is 3.63. The van der Waals surface area contributed by atoms with E-state index in [4.69, 9.17) is 4.74 Å². The van der Waals surface area contributed by atoms with Gasteiger partial charge in [-0.25, -0.2) is 0 Å². The fraction of sp³-hybridized carbons (Fsp3) is 0.391. The Hall–Kier alpha value is -2.66. The second kappa shape index (κ2) is 8.15. The van der Waals surface area contributed by atoms with Crippen molar-refractivity contribution in [1.82, 2.24) is 4.90 Å². The first-order valence-electron chi connectivity index (χ1n) is 10.0. The van der Waals surface area contributed by atoms with Crippen molar-refractivity contribution < 1.29 is 14.3 Å². The number of hydrogen-bond acceptors (Lipinski definition) is 3. The predicted molar refractivity (Wildman–Crippen MR) is 108 cm³/mol. The Balaban J connectivity index is 1.49. The van der Waals surface area contributed by atoms with Gasteiger partial charge in [-0.05, 0) is 56.4 Å². The van der Waals surface area contributed by atoms with Crippen LogP contribution in [0.5, 0.6) is 0 Å². The fourth-order valence-electron chi connectivity index (χ4n) is 4.05. The average molecular weight is 378 g/mol. The Labute approximate surface area is 165 Å². The number of carbonyl (C=O) groups is 2. The minimum absolute atomic E-state index is 0.0105. The summed E-state index contributed by atoms with van der Waals surface area (Å²) in [6.07, 6.45) is 3.25. The van der Waals surface area contributed by atoms with E-state index in [9.17, 15) is 9.59 Å². The number of amides is 2. The molecule has 2 saturated heterocycles. The number of nitrogens with one attached hydrogen (secondary N) is 1. The lowest BCUT2D eigenvalue weighted by Gasteiger charge is -2.25. The molecule has 2 atom stereocenters. The molecule has 28 heavy (non-hydrogen) atoms. The topological polar surface area (TPSA) is 58.6 Å². The molecule has 2 heterocycles. The molecule has 0 aliphatic carbocycles. The standard InChI is InChI=1S/C23H26N2O3/c1-16-9-11-17(12-10-16)20-7-3-13-25(20)23(27)18-5-2-6-19(15-18)24-22(26)21-8-4-14-28-21/h2,5-6,9-12,15,20-21H,3-4,7-8,13-14H2,1H3,(H,24,26)/t20-,21-/m1/s1. The summed E-state index contributed by atoms with van der Waals surface area (Å²) in [5.74, 6) is -0.128. The summed E-state index contributed by atoms with van der Waals surface area (Å²) in [6, 6.07) is 15.7. The van der Waals surface area contributed by atoms with E-state index in [1.807, 2.05) is 23.1 Å². The number of nitrogens with zero attached hydrogens (tertiary/aromatic N) is 1. The molecule has 4 rings (SSSR count). The van der Waals surface area contributed by atoms with Gasteiger partial charge in [0.2, 0.25) is 0 Å². The summed E-state index contributed by atoms with van der Waals surface area (Å²) < 4.78 is 5.43. The maximum absolute atomic E-state index is 13.2.